The molecule has 1 saturated heterocycles. The van der Waals surface area contributed by atoms with Gasteiger partial charge in [0.05, 0.1) is 12.4 Å². The first-order valence-corrected chi connectivity index (χ1v) is 9.86. The minimum Gasteiger partial charge on any atom is -0.497 e. The lowest BCUT2D eigenvalue weighted by Gasteiger charge is -2.37. The normalized spacial score (nSPS) is 15.7. The third-order valence-electron chi connectivity index (χ3n) is 4.68. The summed E-state index contributed by atoms with van der Waals surface area (Å²) < 4.78 is 5.18. The molecular weight excluding hydrogens is 344 g/mol. The van der Waals surface area contributed by atoms with Crippen LogP contribution in [0.15, 0.2) is 53.4 Å². The summed E-state index contributed by atoms with van der Waals surface area (Å²) in [5, 5.41) is -0.0890. The molecule has 4 nitrogen and oxygen atoms in total. The third kappa shape index (κ3) is 4.52. The molecule has 1 amide bonds. The van der Waals surface area contributed by atoms with Crippen LogP contribution in [0.4, 0.5) is 5.69 Å². The number of hydrogen-bond acceptors (Lipinski definition) is 4. The Morgan fingerprint density at radius 2 is 1.77 bits per heavy atom. The maximum absolute atomic E-state index is 12.8. The maximum atomic E-state index is 12.8. The van der Waals surface area contributed by atoms with Crippen LogP contribution in [-0.4, -0.2) is 49.3 Å². The molecule has 0 aromatic heterocycles. The summed E-state index contributed by atoms with van der Waals surface area (Å²) in [5.74, 6) is 1.05. The minimum atomic E-state index is -0.0890. The number of amides is 1. The lowest BCUT2D eigenvalue weighted by molar-refractivity contribution is -0.130. The van der Waals surface area contributed by atoms with E-state index >= 15 is 0 Å². The fourth-order valence-electron chi connectivity index (χ4n) is 3.18. The number of hydrogen-bond donors (Lipinski definition) is 0. The van der Waals surface area contributed by atoms with Crippen molar-refractivity contribution in [3.05, 3.63) is 54.1 Å². The summed E-state index contributed by atoms with van der Waals surface area (Å²) in [6.07, 6.45) is 0. The molecule has 1 heterocycles. The number of aryl methyl sites for hydroxylation is 1. The Morgan fingerprint density at radius 1 is 1.08 bits per heavy atom. The third-order valence-corrected chi connectivity index (χ3v) is 5.78. The van der Waals surface area contributed by atoms with Gasteiger partial charge >= 0.3 is 0 Å². The van der Waals surface area contributed by atoms with Crippen LogP contribution in [0, 0.1) is 6.92 Å². The number of benzene rings is 2. The van der Waals surface area contributed by atoms with Gasteiger partial charge in [-0.15, -0.1) is 11.8 Å². The van der Waals surface area contributed by atoms with Crippen molar-refractivity contribution in [1.82, 2.24) is 4.90 Å². The average Bonchev–Trinajstić information content (AvgIpc) is 2.68. The number of rotatable bonds is 5. The standard InChI is InChI=1S/C21H26N2O2S/c1-16-5-4-6-18(15-16)22-11-13-23(14-12-22)21(24)17(2)26-20-9-7-19(25-3)8-10-20/h4-10,15,17H,11-14H2,1-3H3. The molecule has 138 valence electrons. The Hall–Kier alpha value is -2.14. The highest BCUT2D eigenvalue weighted by atomic mass is 32.2. The van der Waals surface area contributed by atoms with Crippen molar-refractivity contribution in [2.45, 2.75) is 24.0 Å². The van der Waals surface area contributed by atoms with Gasteiger partial charge in [0, 0.05) is 36.8 Å². The molecular formula is C21H26N2O2S. The van der Waals surface area contributed by atoms with E-state index < -0.39 is 0 Å². The summed E-state index contributed by atoms with van der Waals surface area (Å²) in [6.45, 7) is 7.43. The Labute approximate surface area is 160 Å². The molecule has 3 rings (SSSR count). The molecule has 5 heteroatoms. The van der Waals surface area contributed by atoms with E-state index in [1.165, 1.54) is 11.3 Å². The molecule has 0 N–H and O–H groups in total. The summed E-state index contributed by atoms with van der Waals surface area (Å²) >= 11 is 1.60. The minimum absolute atomic E-state index is 0.0890. The van der Waals surface area contributed by atoms with Crippen LogP contribution in [-0.2, 0) is 4.79 Å². The van der Waals surface area contributed by atoms with Gasteiger partial charge in [0.25, 0.3) is 0 Å². The largest absolute Gasteiger partial charge is 0.497 e. The first kappa shape index (κ1) is 18.6. The van der Waals surface area contributed by atoms with Gasteiger partial charge in [-0.2, -0.15) is 0 Å². The van der Waals surface area contributed by atoms with Crippen LogP contribution in [0.25, 0.3) is 0 Å². The second-order valence-corrected chi connectivity index (χ2v) is 8.00. The highest BCUT2D eigenvalue weighted by Crippen LogP contribution is 2.27. The van der Waals surface area contributed by atoms with Crippen molar-refractivity contribution in [2.24, 2.45) is 0 Å². The van der Waals surface area contributed by atoms with E-state index in [1.807, 2.05) is 36.1 Å². The Balaban J connectivity index is 1.53. The van der Waals surface area contributed by atoms with Crippen LogP contribution in [0.3, 0.4) is 0 Å². The molecule has 26 heavy (non-hydrogen) atoms. The van der Waals surface area contributed by atoms with Crippen LogP contribution < -0.4 is 9.64 Å². The van der Waals surface area contributed by atoms with Gasteiger partial charge in [-0.1, -0.05) is 12.1 Å². The van der Waals surface area contributed by atoms with Crippen LogP contribution in [0.1, 0.15) is 12.5 Å². The van der Waals surface area contributed by atoms with E-state index in [0.717, 1.165) is 36.8 Å². The number of anilines is 1. The van der Waals surface area contributed by atoms with Crippen molar-refractivity contribution in [1.29, 1.82) is 0 Å². The van der Waals surface area contributed by atoms with Gasteiger partial charge in [-0.05, 0) is 55.8 Å². The zero-order valence-electron chi connectivity index (χ0n) is 15.6. The summed E-state index contributed by atoms with van der Waals surface area (Å²) in [7, 11) is 1.66. The number of carbonyl (C=O) groups excluding carboxylic acids is 1. The maximum Gasteiger partial charge on any atom is 0.235 e. The van der Waals surface area contributed by atoms with E-state index in [2.05, 4.69) is 36.1 Å². The smallest absolute Gasteiger partial charge is 0.235 e. The number of nitrogens with zero attached hydrogens (tertiary/aromatic N) is 2. The van der Waals surface area contributed by atoms with Crippen LogP contribution >= 0.6 is 11.8 Å². The Morgan fingerprint density at radius 3 is 2.38 bits per heavy atom. The summed E-state index contributed by atoms with van der Waals surface area (Å²) in [5.41, 5.74) is 2.52. The molecule has 1 unspecified atom stereocenters. The Bertz CT molecular complexity index is 740. The predicted octanol–water partition coefficient (Wildman–Crippen LogP) is 3.83. The molecule has 1 fully saturated rings. The molecule has 2 aromatic carbocycles. The summed E-state index contributed by atoms with van der Waals surface area (Å²) in [4.78, 5) is 18.2. The topological polar surface area (TPSA) is 32.8 Å². The predicted molar refractivity (Wildman–Crippen MR) is 108 cm³/mol. The van der Waals surface area contributed by atoms with Crippen molar-refractivity contribution < 1.29 is 9.53 Å². The molecule has 0 aliphatic carbocycles. The van der Waals surface area contributed by atoms with E-state index in [4.69, 9.17) is 4.74 Å². The van der Waals surface area contributed by atoms with Crippen LogP contribution in [0.2, 0.25) is 0 Å². The highest BCUT2D eigenvalue weighted by Gasteiger charge is 2.25. The van der Waals surface area contributed by atoms with Gasteiger partial charge in [-0.25, -0.2) is 0 Å². The van der Waals surface area contributed by atoms with Crippen LogP contribution in [0.5, 0.6) is 5.75 Å². The fourth-order valence-corrected chi connectivity index (χ4v) is 4.13. The van der Waals surface area contributed by atoms with Crippen molar-refractivity contribution in [3.63, 3.8) is 0 Å². The summed E-state index contributed by atoms with van der Waals surface area (Å²) in [6, 6.07) is 16.4. The highest BCUT2D eigenvalue weighted by molar-refractivity contribution is 8.00. The number of methoxy groups -OCH3 is 1. The zero-order chi connectivity index (χ0) is 18.5. The average molecular weight is 371 g/mol. The lowest BCUT2D eigenvalue weighted by Crippen LogP contribution is -2.50. The quantitative estimate of drug-likeness (QED) is 0.749. The number of thioether (sulfide) groups is 1. The van der Waals surface area contributed by atoms with Crippen molar-refractivity contribution >= 4 is 23.4 Å². The zero-order valence-corrected chi connectivity index (χ0v) is 16.5. The first-order valence-electron chi connectivity index (χ1n) is 8.98. The monoisotopic (exact) mass is 370 g/mol. The van der Waals surface area contributed by atoms with Gasteiger partial charge < -0.3 is 14.5 Å². The first-order chi connectivity index (χ1) is 12.6. The number of carbonyl (C=O) groups is 1. The van der Waals surface area contributed by atoms with Gasteiger partial charge in [-0.3, -0.25) is 4.79 Å². The number of ether oxygens (including phenoxy) is 1. The molecule has 0 saturated carbocycles. The molecule has 1 aliphatic rings. The van der Waals surface area contributed by atoms with E-state index in [9.17, 15) is 4.79 Å². The van der Waals surface area contributed by atoms with Gasteiger partial charge in [0.2, 0.25) is 5.91 Å². The van der Waals surface area contributed by atoms with E-state index in [-0.39, 0.29) is 11.2 Å². The van der Waals surface area contributed by atoms with Gasteiger partial charge in [0.1, 0.15) is 5.75 Å². The van der Waals surface area contributed by atoms with Gasteiger partial charge in [0.15, 0.2) is 0 Å². The van der Waals surface area contributed by atoms with Crippen molar-refractivity contribution in [3.8, 4) is 5.75 Å². The molecule has 0 spiro atoms. The van der Waals surface area contributed by atoms with Crippen molar-refractivity contribution in [2.75, 3.05) is 38.2 Å². The second-order valence-electron chi connectivity index (χ2n) is 6.59. The van der Waals surface area contributed by atoms with E-state index in [0.29, 0.717) is 0 Å². The fraction of sp³-hybridized carbons (Fsp3) is 0.381. The Kier molecular flexibility index (Phi) is 6.09. The SMILES string of the molecule is COc1ccc(SC(C)C(=O)N2CCN(c3cccc(C)c3)CC2)cc1. The molecule has 1 aliphatic heterocycles. The second kappa shape index (κ2) is 8.49. The van der Waals surface area contributed by atoms with E-state index in [1.54, 1.807) is 18.9 Å². The number of piperazine rings is 1. The lowest BCUT2D eigenvalue weighted by atomic mass is 10.2. The molecule has 0 bridgehead atoms. The molecule has 0 radical (unpaired) electrons. The molecule has 1 atom stereocenters. The molecule has 2 aromatic rings.